The van der Waals surface area contributed by atoms with Crippen molar-refractivity contribution in [3.8, 4) is 0 Å². The Hall–Kier alpha value is -1.52. The van der Waals surface area contributed by atoms with Crippen LogP contribution in [0.15, 0.2) is 58.3 Å². The Morgan fingerprint density at radius 3 is 2.12 bits per heavy atom. The topological polar surface area (TPSA) is 60.2 Å². The molecule has 0 heterocycles. The van der Waals surface area contributed by atoms with E-state index in [4.69, 9.17) is 17.3 Å². The Morgan fingerprint density at radius 1 is 0.941 bits per heavy atom. The number of hydrogen-bond donors (Lipinski definition) is 1. The molecule has 17 heavy (non-hydrogen) atoms. The lowest BCUT2D eigenvalue weighted by molar-refractivity contribution is 0.596. The van der Waals surface area contributed by atoms with E-state index in [0.717, 1.165) is 0 Å². The first-order valence-electron chi connectivity index (χ1n) is 4.86. The molecule has 88 valence electrons. The molecule has 0 aromatic heterocycles. The minimum Gasteiger partial charge on any atom is -0.399 e. The van der Waals surface area contributed by atoms with Crippen LogP contribution in [0.25, 0.3) is 0 Å². The number of nitrogen functional groups attached to an aromatic ring is 1. The predicted molar refractivity (Wildman–Crippen MR) is 67.8 cm³/mol. The quantitative estimate of drug-likeness (QED) is 0.851. The fraction of sp³-hybridized carbons (Fsp3) is 0. The zero-order valence-electron chi connectivity index (χ0n) is 8.80. The predicted octanol–water partition coefficient (Wildman–Crippen LogP) is 2.76. The highest BCUT2D eigenvalue weighted by Crippen LogP contribution is 2.24. The lowest BCUT2D eigenvalue weighted by Gasteiger charge is -2.05. The zero-order valence-corrected chi connectivity index (χ0v) is 10.4. The molecule has 2 aromatic carbocycles. The standard InChI is InChI=1S/C12H10ClNO2S/c13-9-3-1-5-11(7-9)17(15,16)12-6-2-4-10(14)8-12/h1-8H,14H2. The molecule has 2 aromatic rings. The van der Waals surface area contributed by atoms with E-state index in [-0.39, 0.29) is 9.79 Å². The highest BCUT2D eigenvalue weighted by atomic mass is 35.5. The molecule has 0 unspecified atom stereocenters. The van der Waals surface area contributed by atoms with Gasteiger partial charge in [-0.25, -0.2) is 8.42 Å². The Morgan fingerprint density at radius 2 is 1.53 bits per heavy atom. The first kappa shape index (κ1) is 12.0. The van der Waals surface area contributed by atoms with Crippen LogP contribution in [0.1, 0.15) is 0 Å². The van der Waals surface area contributed by atoms with Crippen molar-refractivity contribution in [3.63, 3.8) is 0 Å². The first-order valence-corrected chi connectivity index (χ1v) is 6.72. The van der Waals surface area contributed by atoms with E-state index in [1.165, 1.54) is 24.3 Å². The molecule has 0 saturated carbocycles. The van der Waals surface area contributed by atoms with Crippen molar-refractivity contribution >= 4 is 27.1 Å². The van der Waals surface area contributed by atoms with Gasteiger partial charge in [-0.1, -0.05) is 23.7 Å². The first-order chi connectivity index (χ1) is 8.00. The molecule has 0 aliphatic carbocycles. The van der Waals surface area contributed by atoms with Crippen molar-refractivity contribution in [1.82, 2.24) is 0 Å². The van der Waals surface area contributed by atoms with Gasteiger partial charge in [-0.2, -0.15) is 0 Å². The SMILES string of the molecule is Nc1cccc(S(=O)(=O)c2cccc(Cl)c2)c1. The second-order valence-electron chi connectivity index (χ2n) is 3.53. The van der Waals surface area contributed by atoms with E-state index in [9.17, 15) is 8.42 Å². The van der Waals surface area contributed by atoms with Gasteiger partial charge in [-0.15, -0.1) is 0 Å². The Labute approximate surface area is 105 Å². The summed E-state index contributed by atoms with van der Waals surface area (Å²) in [5.74, 6) is 0. The molecular weight excluding hydrogens is 258 g/mol. The molecule has 0 saturated heterocycles. The number of anilines is 1. The van der Waals surface area contributed by atoms with Crippen LogP contribution < -0.4 is 5.73 Å². The van der Waals surface area contributed by atoms with Crippen molar-refractivity contribution in [3.05, 3.63) is 53.6 Å². The molecule has 0 spiro atoms. The van der Waals surface area contributed by atoms with Crippen LogP contribution in [0, 0.1) is 0 Å². The van der Waals surface area contributed by atoms with Crippen LogP contribution >= 0.6 is 11.6 Å². The third-order valence-corrected chi connectivity index (χ3v) is 4.26. The number of rotatable bonds is 2. The van der Waals surface area contributed by atoms with Gasteiger partial charge in [0.15, 0.2) is 0 Å². The third-order valence-electron chi connectivity index (χ3n) is 2.27. The monoisotopic (exact) mass is 267 g/mol. The fourth-order valence-corrected chi connectivity index (χ4v) is 3.07. The van der Waals surface area contributed by atoms with Gasteiger partial charge in [0.25, 0.3) is 0 Å². The van der Waals surface area contributed by atoms with Gasteiger partial charge in [-0.3, -0.25) is 0 Å². The largest absolute Gasteiger partial charge is 0.399 e. The average molecular weight is 268 g/mol. The number of halogens is 1. The third kappa shape index (κ3) is 2.43. The molecular formula is C12H10ClNO2S. The van der Waals surface area contributed by atoms with Crippen LogP contribution in [0.5, 0.6) is 0 Å². The van der Waals surface area contributed by atoms with E-state index >= 15 is 0 Å². The maximum atomic E-state index is 12.2. The molecule has 0 bridgehead atoms. The zero-order chi connectivity index (χ0) is 12.5. The Bertz CT molecular complexity index is 602. The summed E-state index contributed by atoms with van der Waals surface area (Å²) in [5.41, 5.74) is 5.98. The highest BCUT2D eigenvalue weighted by molar-refractivity contribution is 7.91. The van der Waals surface area contributed by atoms with Crippen LogP contribution in [0.2, 0.25) is 5.02 Å². The van der Waals surface area contributed by atoms with Crippen molar-refractivity contribution < 1.29 is 8.42 Å². The average Bonchev–Trinajstić information content (AvgIpc) is 2.29. The van der Waals surface area contributed by atoms with Gasteiger partial charge in [-0.05, 0) is 36.4 Å². The lowest BCUT2D eigenvalue weighted by Crippen LogP contribution is -2.02. The van der Waals surface area contributed by atoms with Crippen molar-refractivity contribution in [2.24, 2.45) is 0 Å². The maximum Gasteiger partial charge on any atom is 0.206 e. The summed E-state index contributed by atoms with van der Waals surface area (Å²) in [6, 6.07) is 12.3. The van der Waals surface area contributed by atoms with E-state index < -0.39 is 9.84 Å². The molecule has 0 amide bonds. The van der Waals surface area contributed by atoms with Gasteiger partial charge < -0.3 is 5.73 Å². The summed E-state index contributed by atoms with van der Waals surface area (Å²) in [6.45, 7) is 0. The molecule has 0 aliphatic heterocycles. The molecule has 2 rings (SSSR count). The summed E-state index contributed by atoms with van der Waals surface area (Å²) in [4.78, 5) is 0.329. The van der Waals surface area contributed by atoms with Gasteiger partial charge >= 0.3 is 0 Å². The summed E-state index contributed by atoms with van der Waals surface area (Å²) in [5, 5.41) is 0.384. The van der Waals surface area contributed by atoms with Crippen LogP contribution in [-0.4, -0.2) is 8.42 Å². The van der Waals surface area contributed by atoms with Gasteiger partial charge in [0.2, 0.25) is 9.84 Å². The highest BCUT2D eigenvalue weighted by Gasteiger charge is 2.17. The number of nitrogens with two attached hydrogens (primary N) is 1. The number of hydrogen-bond acceptors (Lipinski definition) is 3. The molecule has 0 aliphatic rings. The van der Waals surface area contributed by atoms with Crippen molar-refractivity contribution in [2.45, 2.75) is 9.79 Å². The van der Waals surface area contributed by atoms with Gasteiger partial charge in [0.05, 0.1) is 9.79 Å². The molecule has 0 radical (unpaired) electrons. The Balaban J connectivity index is 2.58. The van der Waals surface area contributed by atoms with E-state index in [0.29, 0.717) is 10.7 Å². The molecule has 0 fully saturated rings. The summed E-state index contributed by atoms with van der Waals surface area (Å²) in [7, 11) is -3.55. The number of sulfone groups is 1. The van der Waals surface area contributed by atoms with Gasteiger partial charge in [0, 0.05) is 10.7 Å². The number of benzene rings is 2. The summed E-state index contributed by atoms with van der Waals surface area (Å²) < 4.78 is 24.4. The molecule has 3 nitrogen and oxygen atoms in total. The normalized spacial score (nSPS) is 11.4. The second kappa shape index (κ2) is 4.39. The van der Waals surface area contributed by atoms with E-state index in [2.05, 4.69) is 0 Å². The second-order valence-corrected chi connectivity index (χ2v) is 5.92. The Kier molecular flexibility index (Phi) is 3.09. The van der Waals surface area contributed by atoms with E-state index in [1.54, 1.807) is 24.3 Å². The van der Waals surface area contributed by atoms with Crippen molar-refractivity contribution in [2.75, 3.05) is 5.73 Å². The minimum absolute atomic E-state index is 0.163. The fourth-order valence-electron chi connectivity index (χ4n) is 1.45. The maximum absolute atomic E-state index is 12.2. The van der Waals surface area contributed by atoms with Gasteiger partial charge in [0.1, 0.15) is 0 Å². The molecule has 5 heteroatoms. The van der Waals surface area contributed by atoms with Crippen LogP contribution in [-0.2, 0) is 9.84 Å². The molecule has 0 atom stereocenters. The van der Waals surface area contributed by atoms with Crippen LogP contribution in [0.3, 0.4) is 0 Å². The molecule has 2 N–H and O–H groups in total. The lowest BCUT2D eigenvalue weighted by atomic mass is 10.3. The smallest absolute Gasteiger partial charge is 0.206 e. The minimum atomic E-state index is -3.55. The summed E-state index contributed by atoms with van der Waals surface area (Å²) >= 11 is 5.78. The van der Waals surface area contributed by atoms with Crippen molar-refractivity contribution in [1.29, 1.82) is 0 Å². The summed E-state index contributed by atoms with van der Waals surface area (Å²) in [6.07, 6.45) is 0. The van der Waals surface area contributed by atoms with E-state index in [1.807, 2.05) is 0 Å². The van der Waals surface area contributed by atoms with Crippen LogP contribution in [0.4, 0.5) is 5.69 Å².